The molecule has 0 saturated heterocycles. The van der Waals surface area contributed by atoms with Crippen LogP contribution in [0, 0.1) is 17.8 Å². The predicted octanol–water partition coefficient (Wildman–Crippen LogP) is 2.62. The van der Waals surface area contributed by atoms with Crippen LogP contribution in [0.4, 0.5) is 0 Å². The van der Waals surface area contributed by atoms with Gasteiger partial charge in [0.15, 0.2) is 0 Å². The maximum Gasteiger partial charge on any atom is 0.309 e. The van der Waals surface area contributed by atoms with E-state index < -0.39 is 0 Å². The molecule has 0 N–H and O–H groups in total. The molecule has 2 nitrogen and oxygen atoms in total. The number of carbonyl (C=O) groups is 1. The summed E-state index contributed by atoms with van der Waals surface area (Å²) in [4.78, 5) is 11.5. The van der Waals surface area contributed by atoms with E-state index in [4.69, 9.17) is 4.74 Å². The summed E-state index contributed by atoms with van der Waals surface area (Å²) in [7, 11) is 0. The molecule has 1 atom stereocenters. The van der Waals surface area contributed by atoms with E-state index in [2.05, 4.69) is 13.8 Å². The SMILES string of the molecule is CCOC(=O)C(CC(C)C)C1CC1. The number of rotatable bonds is 5. The fourth-order valence-corrected chi connectivity index (χ4v) is 1.74. The van der Waals surface area contributed by atoms with Gasteiger partial charge < -0.3 is 4.74 Å². The van der Waals surface area contributed by atoms with Crippen molar-refractivity contribution in [2.24, 2.45) is 17.8 Å². The molecule has 0 aromatic rings. The zero-order valence-corrected chi connectivity index (χ0v) is 8.88. The molecule has 0 amide bonds. The van der Waals surface area contributed by atoms with E-state index in [-0.39, 0.29) is 11.9 Å². The van der Waals surface area contributed by atoms with Crippen molar-refractivity contribution in [3.05, 3.63) is 0 Å². The van der Waals surface area contributed by atoms with Gasteiger partial charge >= 0.3 is 5.97 Å². The molecule has 1 rings (SSSR count). The highest BCUT2D eigenvalue weighted by molar-refractivity contribution is 5.73. The molecular weight excluding hydrogens is 164 g/mol. The molecule has 76 valence electrons. The minimum Gasteiger partial charge on any atom is -0.466 e. The van der Waals surface area contributed by atoms with Crippen LogP contribution in [0.5, 0.6) is 0 Å². The number of hydrogen-bond acceptors (Lipinski definition) is 2. The van der Waals surface area contributed by atoms with Crippen molar-refractivity contribution in [1.29, 1.82) is 0 Å². The lowest BCUT2D eigenvalue weighted by atomic mass is 9.93. The van der Waals surface area contributed by atoms with Crippen LogP contribution < -0.4 is 0 Å². The molecule has 0 bridgehead atoms. The van der Waals surface area contributed by atoms with Crippen LogP contribution in [-0.4, -0.2) is 12.6 Å². The van der Waals surface area contributed by atoms with Gasteiger partial charge in [-0.05, 0) is 38.0 Å². The van der Waals surface area contributed by atoms with Crippen molar-refractivity contribution in [1.82, 2.24) is 0 Å². The van der Waals surface area contributed by atoms with Gasteiger partial charge in [-0.25, -0.2) is 0 Å². The Morgan fingerprint density at radius 3 is 2.46 bits per heavy atom. The Kier molecular flexibility index (Phi) is 3.76. The minimum absolute atomic E-state index is 0.0266. The summed E-state index contributed by atoms with van der Waals surface area (Å²) >= 11 is 0. The predicted molar refractivity (Wildman–Crippen MR) is 52.3 cm³/mol. The second-order valence-electron chi connectivity index (χ2n) is 4.33. The summed E-state index contributed by atoms with van der Waals surface area (Å²) in [6, 6.07) is 0. The molecule has 0 aliphatic heterocycles. The molecule has 1 unspecified atom stereocenters. The van der Waals surface area contributed by atoms with Gasteiger partial charge in [-0.3, -0.25) is 4.79 Å². The van der Waals surface area contributed by atoms with Gasteiger partial charge in [-0.15, -0.1) is 0 Å². The van der Waals surface area contributed by atoms with E-state index in [1.54, 1.807) is 0 Å². The maximum atomic E-state index is 11.5. The summed E-state index contributed by atoms with van der Waals surface area (Å²) in [5.74, 6) is 1.43. The molecular formula is C11H20O2. The molecule has 0 spiro atoms. The van der Waals surface area contributed by atoms with Crippen LogP contribution in [0.1, 0.15) is 40.0 Å². The van der Waals surface area contributed by atoms with Gasteiger partial charge in [-0.1, -0.05) is 13.8 Å². The monoisotopic (exact) mass is 184 g/mol. The maximum absolute atomic E-state index is 11.5. The van der Waals surface area contributed by atoms with Crippen LogP contribution in [0.25, 0.3) is 0 Å². The van der Waals surface area contributed by atoms with E-state index in [0.717, 1.165) is 6.42 Å². The molecule has 0 aromatic carbocycles. The molecule has 0 aromatic heterocycles. The van der Waals surface area contributed by atoms with Gasteiger partial charge in [0.25, 0.3) is 0 Å². The lowest BCUT2D eigenvalue weighted by molar-refractivity contribution is -0.149. The largest absolute Gasteiger partial charge is 0.466 e. The second kappa shape index (κ2) is 4.64. The van der Waals surface area contributed by atoms with Gasteiger partial charge in [0, 0.05) is 0 Å². The normalized spacial score (nSPS) is 18.8. The summed E-state index contributed by atoms with van der Waals surface area (Å²) < 4.78 is 5.07. The van der Waals surface area contributed by atoms with Crippen LogP contribution in [-0.2, 0) is 9.53 Å². The first-order chi connectivity index (χ1) is 6.15. The second-order valence-corrected chi connectivity index (χ2v) is 4.33. The Morgan fingerprint density at radius 1 is 1.46 bits per heavy atom. The smallest absolute Gasteiger partial charge is 0.309 e. The third kappa shape index (κ3) is 3.37. The Labute approximate surface area is 80.7 Å². The third-order valence-electron chi connectivity index (χ3n) is 2.51. The van der Waals surface area contributed by atoms with Crippen LogP contribution in [0.15, 0.2) is 0 Å². The van der Waals surface area contributed by atoms with Gasteiger partial charge in [0.1, 0.15) is 0 Å². The van der Waals surface area contributed by atoms with Gasteiger partial charge in [0.2, 0.25) is 0 Å². The standard InChI is InChI=1S/C11H20O2/c1-4-13-11(12)10(7-8(2)3)9-5-6-9/h8-10H,4-7H2,1-3H3. The lowest BCUT2D eigenvalue weighted by Gasteiger charge is -2.16. The van der Waals surface area contributed by atoms with E-state index >= 15 is 0 Å². The van der Waals surface area contributed by atoms with Gasteiger partial charge in [0.05, 0.1) is 12.5 Å². The molecule has 1 fully saturated rings. The number of ether oxygens (including phenoxy) is 1. The minimum atomic E-state index is 0.0266. The van der Waals surface area contributed by atoms with Crippen molar-refractivity contribution in [3.63, 3.8) is 0 Å². The van der Waals surface area contributed by atoms with E-state index in [1.807, 2.05) is 6.92 Å². The number of hydrogen-bond donors (Lipinski definition) is 0. The third-order valence-corrected chi connectivity index (χ3v) is 2.51. The fraction of sp³-hybridized carbons (Fsp3) is 0.909. The quantitative estimate of drug-likeness (QED) is 0.614. The first kappa shape index (κ1) is 10.6. The molecule has 1 saturated carbocycles. The van der Waals surface area contributed by atoms with E-state index in [9.17, 15) is 4.79 Å². The highest BCUT2D eigenvalue weighted by Gasteiger charge is 2.37. The first-order valence-electron chi connectivity index (χ1n) is 5.31. The Morgan fingerprint density at radius 2 is 2.08 bits per heavy atom. The van der Waals surface area contributed by atoms with E-state index in [0.29, 0.717) is 18.4 Å². The Bertz CT molecular complexity index is 171. The highest BCUT2D eigenvalue weighted by atomic mass is 16.5. The van der Waals surface area contributed by atoms with Crippen LogP contribution in [0.3, 0.4) is 0 Å². The lowest BCUT2D eigenvalue weighted by Crippen LogP contribution is -2.21. The van der Waals surface area contributed by atoms with Crippen molar-refractivity contribution in [2.45, 2.75) is 40.0 Å². The first-order valence-corrected chi connectivity index (χ1v) is 5.31. The molecule has 13 heavy (non-hydrogen) atoms. The molecule has 0 heterocycles. The zero-order chi connectivity index (χ0) is 9.84. The summed E-state index contributed by atoms with van der Waals surface area (Å²) in [5, 5.41) is 0. The molecule has 1 aliphatic carbocycles. The van der Waals surface area contributed by atoms with Crippen molar-refractivity contribution in [3.8, 4) is 0 Å². The molecule has 0 radical (unpaired) electrons. The fourth-order valence-electron chi connectivity index (χ4n) is 1.74. The average molecular weight is 184 g/mol. The summed E-state index contributed by atoms with van der Waals surface area (Å²) in [6.45, 7) is 6.71. The van der Waals surface area contributed by atoms with Gasteiger partial charge in [-0.2, -0.15) is 0 Å². The molecule has 2 heteroatoms. The number of esters is 1. The summed E-state index contributed by atoms with van der Waals surface area (Å²) in [5.41, 5.74) is 0. The van der Waals surface area contributed by atoms with Crippen molar-refractivity contribution < 1.29 is 9.53 Å². The Balaban J connectivity index is 2.41. The average Bonchev–Trinajstić information content (AvgIpc) is 2.82. The van der Waals surface area contributed by atoms with E-state index in [1.165, 1.54) is 12.8 Å². The van der Waals surface area contributed by atoms with Crippen molar-refractivity contribution >= 4 is 5.97 Å². The Hall–Kier alpha value is -0.530. The topological polar surface area (TPSA) is 26.3 Å². The van der Waals surface area contributed by atoms with Crippen molar-refractivity contribution in [2.75, 3.05) is 6.61 Å². The zero-order valence-electron chi connectivity index (χ0n) is 8.88. The van der Waals surface area contributed by atoms with Crippen LogP contribution >= 0.6 is 0 Å². The highest BCUT2D eigenvalue weighted by Crippen LogP contribution is 2.40. The summed E-state index contributed by atoms with van der Waals surface area (Å²) in [6.07, 6.45) is 3.43. The number of carbonyl (C=O) groups excluding carboxylic acids is 1. The molecule has 1 aliphatic rings. The van der Waals surface area contributed by atoms with Crippen LogP contribution in [0.2, 0.25) is 0 Å².